The molecule has 1 aromatic rings. The van der Waals surface area contributed by atoms with Gasteiger partial charge in [-0.15, -0.1) is 0 Å². The fraction of sp³-hybridized carbons (Fsp3) is 0.100. The first-order valence-corrected chi connectivity index (χ1v) is 3.72. The Kier molecular flexibility index (Phi) is 2.64. The summed E-state index contributed by atoms with van der Waals surface area (Å²) in [6.07, 6.45) is 9.18. The maximum atomic E-state index is 4.06. The third-order valence-electron chi connectivity index (χ3n) is 1.56. The Hall–Kier alpha value is -1.57. The minimum Gasteiger partial charge on any atom is -0.275 e. The first kappa shape index (κ1) is 8.53. The number of aryl methyl sites for hydroxylation is 1. The van der Waals surface area contributed by atoms with Crippen LogP contribution >= 0.6 is 0 Å². The summed E-state index contributed by atoms with van der Waals surface area (Å²) < 4.78 is 1.76. The molecule has 1 rings (SSSR count). The van der Waals surface area contributed by atoms with Crippen molar-refractivity contribution in [2.45, 2.75) is 0 Å². The topological polar surface area (TPSA) is 17.8 Å². The molecule has 0 aliphatic heterocycles. The minimum atomic E-state index is 1.04. The van der Waals surface area contributed by atoms with E-state index in [1.807, 2.05) is 19.3 Å². The molecule has 12 heavy (non-hydrogen) atoms. The molecule has 1 aromatic heterocycles. The second-order valence-corrected chi connectivity index (χ2v) is 2.46. The van der Waals surface area contributed by atoms with E-state index < -0.39 is 0 Å². The number of aromatic nitrogens is 2. The summed E-state index contributed by atoms with van der Waals surface area (Å²) in [5.74, 6) is 0. The zero-order chi connectivity index (χ0) is 8.97. The van der Waals surface area contributed by atoms with Crippen LogP contribution in [0.15, 0.2) is 43.8 Å². The van der Waals surface area contributed by atoms with E-state index in [0.29, 0.717) is 0 Å². The Morgan fingerprint density at radius 2 is 2.33 bits per heavy atom. The zero-order valence-electron chi connectivity index (χ0n) is 7.20. The fourth-order valence-corrected chi connectivity index (χ4v) is 0.979. The number of hydrogen-bond donors (Lipinski definition) is 0. The summed E-state index contributed by atoms with van der Waals surface area (Å²) in [6, 6.07) is 0. The van der Waals surface area contributed by atoms with Crippen molar-refractivity contribution in [3.63, 3.8) is 0 Å². The number of rotatable bonds is 3. The Bertz CT molecular complexity index is 318. The first-order valence-electron chi connectivity index (χ1n) is 3.72. The van der Waals surface area contributed by atoms with Crippen LogP contribution in [0, 0.1) is 0 Å². The summed E-state index contributed by atoms with van der Waals surface area (Å²) in [7, 11) is 1.89. The quantitative estimate of drug-likeness (QED) is 0.620. The highest BCUT2D eigenvalue weighted by molar-refractivity contribution is 5.73. The van der Waals surface area contributed by atoms with Gasteiger partial charge in [0.1, 0.15) is 0 Å². The average Bonchev–Trinajstić information content (AvgIpc) is 2.47. The van der Waals surface area contributed by atoms with Crippen molar-refractivity contribution >= 4 is 5.57 Å². The van der Waals surface area contributed by atoms with Gasteiger partial charge in [-0.3, -0.25) is 4.68 Å². The number of allylic oxidation sites excluding steroid dienone is 4. The zero-order valence-corrected chi connectivity index (χ0v) is 7.20. The fourth-order valence-electron chi connectivity index (χ4n) is 0.979. The Morgan fingerprint density at radius 3 is 2.75 bits per heavy atom. The second-order valence-electron chi connectivity index (χ2n) is 2.46. The van der Waals surface area contributed by atoms with Crippen LogP contribution in [0.3, 0.4) is 0 Å². The van der Waals surface area contributed by atoms with Crippen molar-refractivity contribution in [1.82, 2.24) is 9.78 Å². The van der Waals surface area contributed by atoms with E-state index in [4.69, 9.17) is 0 Å². The molecule has 0 fully saturated rings. The van der Waals surface area contributed by atoms with E-state index in [0.717, 1.165) is 11.1 Å². The van der Waals surface area contributed by atoms with Gasteiger partial charge >= 0.3 is 0 Å². The molecule has 0 aliphatic rings. The van der Waals surface area contributed by atoms with Crippen LogP contribution in [0.25, 0.3) is 5.57 Å². The van der Waals surface area contributed by atoms with E-state index in [1.165, 1.54) is 0 Å². The SMILES string of the molecule is C=C/C=C(\C=C)c1cnn(C)c1. The van der Waals surface area contributed by atoms with E-state index >= 15 is 0 Å². The van der Waals surface area contributed by atoms with Crippen LogP contribution < -0.4 is 0 Å². The van der Waals surface area contributed by atoms with Gasteiger partial charge in [0.2, 0.25) is 0 Å². The van der Waals surface area contributed by atoms with Gasteiger partial charge in [0.25, 0.3) is 0 Å². The molecule has 0 atom stereocenters. The summed E-state index contributed by atoms with van der Waals surface area (Å²) in [6.45, 7) is 7.34. The summed E-state index contributed by atoms with van der Waals surface area (Å²) in [5, 5.41) is 4.06. The monoisotopic (exact) mass is 160 g/mol. The molecule has 0 radical (unpaired) electrons. The lowest BCUT2D eigenvalue weighted by molar-refractivity contribution is 0.767. The van der Waals surface area contributed by atoms with Gasteiger partial charge in [0.15, 0.2) is 0 Å². The molecule has 0 saturated heterocycles. The number of hydrogen-bond acceptors (Lipinski definition) is 1. The molecule has 0 saturated carbocycles. The highest BCUT2D eigenvalue weighted by atomic mass is 15.2. The summed E-state index contributed by atoms with van der Waals surface area (Å²) >= 11 is 0. The smallest absolute Gasteiger partial charge is 0.0568 e. The van der Waals surface area contributed by atoms with Crippen LogP contribution in [0.4, 0.5) is 0 Å². The predicted molar refractivity (Wildman–Crippen MR) is 51.6 cm³/mol. The Morgan fingerprint density at radius 1 is 1.58 bits per heavy atom. The first-order chi connectivity index (χ1) is 5.77. The highest BCUT2D eigenvalue weighted by Crippen LogP contribution is 2.13. The molecular weight excluding hydrogens is 148 g/mol. The molecule has 0 unspecified atom stereocenters. The van der Waals surface area contributed by atoms with Crippen molar-refractivity contribution < 1.29 is 0 Å². The van der Waals surface area contributed by atoms with Crippen LogP contribution in [0.1, 0.15) is 5.56 Å². The minimum absolute atomic E-state index is 1.04. The van der Waals surface area contributed by atoms with Crippen molar-refractivity contribution in [2.24, 2.45) is 7.05 Å². The largest absolute Gasteiger partial charge is 0.275 e. The van der Waals surface area contributed by atoms with Gasteiger partial charge in [-0.2, -0.15) is 5.10 Å². The van der Waals surface area contributed by atoms with E-state index in [9.17, 15) is 0 Å². The predicted octanol–water partition coefficient (Wildman–Crippen LogP) is 2.18. The molecule has 0 spiro atoms. The lowest BCUT2D eigenvalue weighted by atomic mass is 10.1. The van der Waals surface area contributed by atoms with Crippen molar-refractivity contribution in [3.05, 3.63) is 49.3 Å². The van der Waals surface area contributed by atoms with Gasteiger partial charge in [-0.05, 0) is 5.57 Å². The number of nitrogens with zero attached hydrogens (tertiary/aromatic N) is 2. The maximum Gasteiger partial charge on any atom is 0.0568 e. The highest BCUT2D eigenvalue weighted by Gasteiger charge is 1.97. The normalized spacial score (nSPS) is 11.2. The standard InChI is InChI=1S/C10H12N2/c1-4-6-9(5-2)10-7-11-12(3)8-10/h4-8H,1-2H2,3H3/b9-6+. The van der Waals surface area contributed by atoms with Crippen molar-refractivity contribution in [1.29, 1.82) is 0 Å². The van der Waals surface area contributed by atoms with E-state index in [1.54, 1.807) is 23.0 Å². The van der Waals surface area contributed by atoms with Gasteiger partial charge in [-0.25, -0.2) is 0 Å². The Labute approximate surface area is 72.5 Å². The molecule has 0 aliphatic carbocycles. The third-order valence-corrected chi connectivity index (χ3v) is 1.56. The summed E-state index contributed by atoms with van der Waals surface area (Å²) in [4.78, 5) is 0. The van der Waals surface area contributed by atoms with Gasteiger partial charge in [0.05, 0.1) is 6.20 Å². The summed E-state index contributed by atoms with van der Waals surface area (Å²) in [5.41, 5.74) is 2.10. The maximum absolute atomic E-state index is 4.06. The van der Waals surface area contributed by atoms with Crippen molar-refractivity contribution in [3.8, 4) is 0 Å². The van der Waals surface area contributed by atoms with E-state index in [2.05, 4.69) is 18.3 Å². The van der Waals surface area contributed by atoms with Crippen LogP contribution in [0.5, 0.6) is 0 Å². The molecule has 0 N–H and O–H groups in total. The van der Waals surface area contributed by atoms with Gasteiger partial charge in [0, 0.05) is 18.8 Å². The molecule has 0 aromatic carbocycles. The van der Waals surface area contributed by atoms with Crippen LogP contribution in [-0.4, -0.2) is 9.78 Å². The lowest BCUT2D eigenvalue weighted by Crippen LogP contribution is -1.84. The molecule has 0 amide bonds. The second kappa shape index (κ2) is 3.72. The van der Waals surface area contributed by atoms with Crippen LogP contribution in [-0.2, 0) is 7.05 Å². The van der Waals surface area contributed by atoms with Gasteiger partial charge < -0.3 is 0 Å². The van der Waals surface area contributed by atoms with E-state index in [-0.39, 0.29) is 0 Å². The molecule has 0 bridgehead atoms. The lowest BCUT2D eigenvalue weighted by Gasteiger charge is -1.93. The molecular formula is C10H12N2. The van der Waals surface area contributed by atoms with Crippen LogP contribution in [0.2, 0.25) is 0 Å². The average molecular weight is 160 g/mol. The third kappa shape index (κ3) is 1.72. The Balaban J connectivity index is 3.02. The van der Waals surface area contributed by atoms with Crippen molar-refractivity contribution in [2.75, 3.05) is 0 Å². The molecule has 1 heterocycles. The molecule has 62 valence electrons. The van der Waals surface area contributed by atoms with Gasteiger partial charge in [-0.1, -0.05) is 31.4 Å². The molecule has 2 nitrogen and oxygen atoms in total. The molecule has 2 heteroatoms.